The predicted molar refractivity (Wildman–Crippen MR) is 119 cm³/mol. The fraction of sp³-hybridized carbons (Fsp3) is 0.480. The second kappa shape index (κ2) is 7.49. The van der Waals surface area contributed by atoms with Gasteiger partial charge in [-0.05, 0) is 57.6 Å². The summed E-state index contributed by atoms with van der Waals surface area (Å²) in [7, 11) is 1.99. The number of hydroxylamine groups is 2. The first-order chi connectivity index (χ1) is 13.9. The van der Waals surface area contributed by atoms with Crippen molar-refractivity contribution in [2.45, 2.75) is 64.6 Å². The fourth-order valence-corrected chi connectivity index (χ4v) is 4.70. The van der Waals surface area contributed by atoms with Gasteiger partial charge in [-0.1, -0.05) is 55.5 Å². The van der Waals surface area contributed by atoms with Crippen molar-refractivity contribution in [3.05, 3.63) is 70.8 Å². The van der Waals surface area contributed by atoms with Crippen LogP contribution in [0.15, 0.2) is 53.5 Å². The standard InChI is InChI=1S/C25H33N3O/c1-6-24(3,4)28(7-2)23-26-25(29-27(23)5)21-17-10-8-13-19(21)15-12-16-20-14-9-11-18-22(20)25/h8-11,13-14,17-18H,6-7,12,15-16H2,1-5H3. The molecule has 0 N–H and O–H groups in total. The van der Waals surface area contributed by atoms with Crippen molar-refractivity contribution in [3.63, 3.8) is 0 Å². The number of aryl methyl sites for hydroxylation is 2. The molecule has 2 aliphatic rings. The molecule has 0 saturated carbocycles. The number of aliphatic imine (C=N–C) groups is 1. The Morgan fingerprint density at radius 2 is 1.55 bits per heavy atom. The van der Waals surface area contributed by atoms with E-state index in [-0.39, 0.29) is 5.54 Å². The zero-order valence-electron chi connectivity index (χ0n) is 18.4. The molecule has 1 spiro atoms. The van der Waals surface area contributed by atoms with Gasteiger partial charge in [-0.15, -0.1) is 0 Å². The van der Waals surface area contributed by atoms with Crippen LogP contribution < -0.4 is 0 Å². The van der Waals surface area contributed by atoms with Gasteiger partial charge < -0.3 is 4.90 Å². The molecule has 2 aromatic carbocycles. The highest BCUT2D eigenvalue weighted by Crippen LogP contribution is 2.45. The molecule has 0 fully saturated rings. The number of guanidine groups is 1. The fourth-order valence-electron chi connectivity index (χ4n) is 4.70. The quantitative estimate of drug-likeness (QED) is 0.727. The van der Waals surface area contributed by atoms with Crippen molar-refractivity contribution >= 4 is 5.96 Å². The van der Waals surface area contributed by atoms with Gasteiger partial charge in [0.15, 0.2) is 0 Å². The molecule has 1 aliphatic heterocycles. The number of hydrogen-bond acceptors (Lipinski definition) is 4. The highest BCUT2D eigenvalue weighted by atomic mass is 16.7. The van der Waals surface area contributed by atoms with E-state index in [4.69, 9.17) is 9.83 Å². The molecule has 2 aromatic rings. The molecule has 0 amide bonds. The molecular formula is C25H33N3O. The van der Waals surface area contributed by atoms with Crippen LogP contribution in [0.1, 0.15) is 62.8 Å². The van der Waals surface area contributed by atoms with Gasteiger partial charge in [0.25, 0.3) is 0 Å². The maximum atomic E-state index is 6.70. The predicted octanol–water partition coefficient (Wildman–Crippen LogP) is 5.12. The third-order valence-electron chi connectivity index (χ3n) is 6.62. The van der Waals surface area contributed by atoms with E-state index in [0.29, 0.717) is 0 Å². The average Bonchev–Trinajstić information content (AvgIpc) is 3.06. The molecule has 0 aromatic heterocycles. The minimum Gasteiger partial charge on any atom is -0.336 e. The highest BCUT2D eigenvalue weighted by molar-refractivity contribution is 5.82. The molecule has 29 heavy (non-hydrogen) atoms. The molecule has 0 unspecified atom stereocenters. The van der Waals surface area contributed by atoms with Crippen LogP contribution in [0.4, 0.5) is 0 Å². The maximum Gasteiger partial charge on any atom is 0.240 e. The summed E-state index contributed by atoms with van der Waals surface area (Å²) in [6.07, 6.45) is 4.26. The molecular weight excluding hydrogens is 358 g/mol. The van der Waals surface area contributed by atoms with Crippen molar-refractivity contribution in [2.75, 3.05) is 13.6 Å². The smallest absolute Gasteiger partial charge is 0.240 e. The summed E-state index contributed by atoms with van der Waals surface area (Å²) in [5.41, 5.74) is 4.17. The van der Waals surface area contributed by atoms with E-state index in [1.54, 1.807) is 0 Å². The maximum absolute atomic E-state index is 6.70. The SMILES string of the molecule is CCN(C1=NC2(ON1C)c1ccccc1CCCc1ccccc12)C(C)(C)CC. The van der Waals surface area contributed by atoms with Crippen LogP contribution in [0, 0.1) is 0 Å². The number of benzene rings is 2. The van der Waals surface area contributed by atoms with Crippen LogP contribution in [0.5, 0.6) is 0 Å². The van der Waals surface area contributed by atoms with Crippen molar-refractivity contribution < 1.29 is 4.84 Å². The van der Waals surface area contributed by atoms with Crippen molar-refractivity contribution in [1.29, 1.82) is 0 Å². The second-order valence-electron chi connectivity index (χ2n) is 8.72. The second-order valence-corrected chi connectivity index (χ2v) is 8.72. The molecule has 1 heterocycles. The van der Waals surface area contributed by atoms with E-state index in [1.807, 2.05) is 12.1 Å². The van der Waals surface area contributed by atoms with Gasteiger partial charge in [-0.2, -0.15) is 0 Å². The van der Waals surface area contributed by atoms with Crippen LogP contribution in [-0.2, 0) is 23.4 Å². The molecule has 1 aliphatic carbocycles. The first kappa shape index (κ1) is 20.0. The van der Waals surface area contributed by atoms with E-state index in [9.17, 15) is 0 Å². The lowest BCUT2D eigenvalue weighted by molar-refractivity contribution is -0.157. The van der Waals surface area contributed by atoms with Crippen molar-refractivity contribution in [3.8, 4) is 0 Å². The summed E-state index contributed by atoms with van der Waals surface area (Å²) < 4.78 is 0. The first-order valence-corrected chi connectivity index (χ1v) is 10.9. The summed E-state index contributed by atoms with van der Waals surface area (Å²) in [5, 5.41) is 1.88. The molecule has 0 bridgehead atoms. The number of nitrogens with zero attached hydrogens (tertiary/aromatic N) is 3. The summed E-state index contributed by atoms with van der Waals surface area (Å²) >= 11 is 0. The van der Waals surface area contributed by atoms with Crippen molar-refractivity contribution in [1.82, 2.24) is 9.96 Å². The Kier molecular flexibility index (Phi) is 5.16. The summed E-state index contributed by atoms with van der Waals surface area (Å²) in [5.74, 6) is 0.907. The highest BCUT2D eigenvalue weighted by Gasteiger charge is 2.48. The van der Waals surface area contributed by atoms with Gasteiger partial charge in [0.2, 0.25) is 11.7 Å². The summed E-state index contributed by atoms with van der Waals surface area (Å²) in [6, 6.07) is 17.3. The number of fused-ring (bicyclic) bond motifs is 4. The number of rotatable bonds is 3. The van der Waals surface area contributed by atoms with Crippen LogP contribution in [-0.4, -0.2) is 35.1 Å². The van der Waals surface area contributed by atoms with Crippen LogP contribution in [0.3, 0.4) is 0 Å². The van der Waals surface area contributed by atoms with E-state index in [2.05, 4.69) is 81.1 Å². The Labute approximate surface area is 175 Å². The zero-order valence-corrected chi connectivity index (χ0v) is 18.4. The lowest BCUT2D eigenvalue weighted by Crippen LogP contribution is -2.51. The molecule has 4 heteroatoms. The van der Waals surface area contributed by atoms with Crippen molar-refractivity contribution in [2.24, 2.45) is 4.99 Å². The minimum absolute atomic E-state index is 0.00259. The molecule has 4 nitrogen and oxygen atoms in total. The minimum atomic E-state index is -0.824. The Bertz CT molecular complexity index is 870. The summed E-state index contributed by atoms with van der Waals surface area (Å²) in [6.45, 7) is 9.86. The van der Waals surface area contributed by atoms with Gasteiger partial charge in [-0.25, -0.2) is 14.9 Å². The largest absolute Gasteiger partial charge is 0.336 e. The molecule has 0 radical (unpaired) electrons. The van der Waals surface area contributed by atoms with E-state index in [0.717, 1.165) is 38.2 Å². The van der Waals surface area contributed by atoms with Crippen LogP contribution in [0.25, 0.3) is 0 Å². The van der Waals surface area contributed by atoms with E-state index in [1.165, 1.54) is 22.3 Å². The normalized spacial score (nSPS) is 18.0. The lowest BCUT2D eigenvalue weighted by atomic mass is 9.83. The van der Waals surface area contributed by atoms with E-state index >= 15 is 0 Å². The Morgan fingerprint density at radius 3 is 2.07 bits per heavy atom. The van der Waals surface area contributed by atoms with Crippen LogP contribution in [0.2, 0.25) is 0 Å². The summed E-state index contributed by atoms with van der Waals surface area (Å²) in [4.78, 5) is 14.4. The van der Waals surface area contributed by atoms with Gasteiger partial charge in [0, 0.05) is 30.3 Å². The molecule has 0 saturated heterocycles. The molecule has 4 rings (SSSR count). The topological polar surface area (TPSA) is 28.1 Å². The van der Waals surface area contributed by atoms with Gasteiger partial charge in [-0.3, -0.25) is 0 Å². The van der Waals surface area contributed by atoms with Crippen LogP contribution >= 0.6 is 0 Å². The lowest BCUT2D eigenvalue weighted by Gasteiger charge is -2.39. The first-order valence-electron chi connectivity index (χ1n) is 10.9. The Morgan fingerprint density at radius 1 is 1.00 bits per heavy atom. The number of hydrogen-bond donors (Lipinski definition) is 0. The van der Waals surface area contributed by atoms with Gasteiger partial charge in [0.1, 0.15) is 0 Å². The van der Waals surface area contributed by atoms with Gasteiger partial charge >= 0.3 is 0 Å². The van der Waals surface area contributed by atoms with E-state index < -0.39 is 5.72 Å². The third-order valence-corrected chi connectivity index (χ3v) is 6.62. The third kappa shape index (κ3) is 3.24. The molecule has 154 valence electrons. The average molecular weight is 392 g/mol. The molecule has 0 atom stereocenters. The van der Waals surface area contributed by atoms with Gasteiger partial charge in [0.05, 0.1) is 0 Å². The zero-order chi connectivity index (χ0) is 20.6. The monoisotopic (exact) mass is 391 g/mol. The Balaban J connectivity index is 1.96. The Hall–Kier alpha value is -2.33.